The van der Waals surface area contributed by atoms with Crippen LogP contribution in [0.5, 0.6) is 0 Å². The third-order valence-electron chi connectivity index (χ3n) is 8.99. The van der Waals surface area contributed by atoms with Gasteiger partial charge in [-0.3, -0.25) is 4.98 Å². The maximum atomic E-state index is 13.2. The van der Waals surface area contributed by atoms with Crippen molar-refractivity contribution < 1.29 is 4.79 Å². The van der Waals surface area contributed by atoms with E-state index >= 15 is 0 Å². The van der Waals surface area contributed by atoms with Gasteiger partial charge in [0, 0.05) is 32.0 Å². The highest BCUT2D eigenvalue weighted by Gasteiger charge is 2.50. The number of pyridine rings is 1. The van der Waals surface area contributed by atoms with Gasteiger partial charge in [0.15, 0.2) is 0 Å². The van der Waals surface area contributed by atoms with Crippen LogP contribution in [-0.2, 0) is 6.42 Å². The zero-order valence-electron chi connectivity index (χ0n) is 19.2. The topological polar surface area (TPSA) is 45.2 Å². The van der Waals surface area contributed by atoms with Crippen LogP contribution in [0.25, 0.3) is 0 Å². The van der Waals surface area contributed by atoms with Gasteiger partial charge in [-0.1, -0.05) is 12.8 Å². The Morgan fingerprint density at radius 3 is 2.32 bits per heavy atom. The molecule has 5 fully saturated rings. The minimum absolute atomic E-state index is 0.186. The average molecular weight is 424 g/mol. The molecule has 6 rings (SSSR count). The highest BCUT2D eigenvalue weighted by atomic mass is 16.2. The number of carbonyl (C=O) groups excluding carboxylic acids is 1. The standard InChI is InChI=1S/C27H41N3O/c31-26(29-10-3-6-21-7-11-28-12-8-21)30(20-22-4-1-2-5-22)13-9-27-17-23-14-24(18-27)16-25(15-23)19-27/h7-8,11-12,22-25H,1-6,9-10,13-20H2,(H,29,31). The van der Waals surface area contributed by atoms with Gasteiger partial charge in [0.2, 0.25) is 0 Å². The number of nitrogens with zero attached hydrogens (tertiary/aromatic N) is 2. The molecule has 4 bridgehead atoms. The lowest BCUT2D eigenvalue weighted by molar-refractivity contribution is -0.0598. The van der Waals surface area contributed by atoms with Crippen molar-refractivity contribution in [2.75, 3.05) is 19.6 Å². The van der Waals surface area contributed by atoms with E-state index in [9.17, 15) is 4.79 Å². The average Bonchev–Trinajstić information content (AvgIpc) is 3.27. The minimum atomic E-state index is 0.186. The van der Waals surface area contributed by atoms with E-state index in [1.807, 2.05) is 12.4 Å². The number of aryl methyl sites for hydroxylation is 1. The summed E-state index contributed by atoms with van der Waals surface area (Å²) in [5.74, 6) is 3.71. The Bertz CT molecular complexity index is 692. The second-order valence-electron chi connectivity index (χ2n) is 11.5. The van der Waals surface area contributed by atoms with Gasteiger partial charge >= 0.3 is 6.03 Å². The molecule has 1 aromatic rings. The highest BCUT2D eigenvalue weighted by molar-refractivity contribution is 5.74. The number of carbonyl (C=O) groups is 1. The van der Waals surface area contributed by atoms with E-state index in [4.69, 9.17) is 0 Å². The van der Waals surface area contributed by atoms with Gasteiger partial charge in [0.05, 0.1) is 0 Å². The van der Waals surface area contributed by atoms with Crippen molar-refractivity contribution >= 4 is 6.03 Å². The molecule has 2 amide bonds. The molecule has 0 radical (unpaired) electrons. The monoisotopic (exact) mass is 423 g/mol. The maximum Gasteiger partial charge on any atom is 0.317 e. The number of aromatic nitrogens is 1. The minimum Gasteiger partial charge on any atom is -0.338 e. The molecule has 0 aliphatic heterocycles. The molecule has 0 saturated heterocycles. The number of rotatable bonds is 9. The van der Waals surface area contributed by atoms with Crippen LogP contribution in [-0.4, -0.2) is 35.5 Å². The summed E-state index contributed by atoms with van der Waals surface area (Å²) in [7, 11) is 0. The Balaban J connectivity index is 1.14. The van der Waals surface area contributed by atoms with E-state index in [0.717, 1.165) is 56.1 Å². The molecule has 170 valence electrons. The Morgan fingerprint density at radius 2 is 1.68 bits per heavy atom. The first kappa shape index (κ1) is 21.3. The van der Waals surface area contributed by atoms with Crippen molar-refractivity contribution in [2.24, 2.45) is 29.1 Å². The predicted octanol–water partition coefficient (Wildman–Crippen LogP) is 5.82. The molecule has 4 heteroatoms. The molecule has 5 aliphatic rings. The quantitative estimate of drug-likeness (QED) is 0.509. The predicted molar refractivity (Wildman–Crippen MR) is 125 cm³/mol. The van der Waals surface area contributed by atoms with Crippen molar-refractivity contribution in [1.29, 1.82) is 0 Å². The van der Waals surface area contributed by atoms with E-state index in [1.165, 1.54) is 76.2 Å². The van der Waals surface area contributed by atoms with Gasteiger partial charge in [-0.25, -0.2) is 4.79 Å². The summed E-state index contributed by atoms with van der Waals surface area (Å²) in [6, 6.07) is 4.32. The number of urea groups is 1. The molecule has 0 atom stereocenters. The Morgan fingerprint density at radius 1 is 1.03 bits per heavy atom. The lowest BCUT2D eigenvalue weighted by atomic mass is 9.49. The summed E-state index contributed by atoms with van der Waals surface area (Å²) in [4.78, 5) is 19.5. The van der Waals surface area contributed by atoms with Crippen LogP contribution in [0.3, 0.4) is 0 Å². The summed E-state index contributed by atoms with van der Waals surface area (Å²) >= 11 is 0. The molecular weight excluding hydrogens is 382 g/mol. The molecule has 0 spiro atoms. The lowest BCUT2D eigenvalue weighted by Crippen LogP contribution is -2.49. The van der Waals surface area contributed by atoms with Crippen LogP contribution >= 0.6 is 0 Å². The summed E-state index contributed by atoms with van der Waals surface area (Å²) in [6.07, 6.45) is 21.1. The van der Waals surface area contributed by atoms with Crippen molar-refractivity contribution in [2.45, 2.75) is 83.5 Å². The summed E-state index contributed by atoms with van der Waals surface area (Å²) in [6.45, 7) is 2.71. The summed E-state index contributed by atoms with van der Waals surface area (Å²) in [5, 5.41) is 3.26. The number of hydrogen-bond acceptors (Lipinski definition) is 2. The largest absolute Gasteiger partial charge is 0.338 e. The second kappa shape index (κ2) is 9.50. The van der Waals surface area contributed by atoms with Gasteiger partial charge in [-0.05, 0) is 117 Å². The molecule has 0 aromatic carbocycles. The molecule has 5 saturated carbocycles. The first-order chi connectivity index (χ1) is 15.2. The first-order valence-electron chi connectivity index (χ1n) is 13.1. The van der Waals surface area contributed by atoms with Gasteiger partial charge < -0.3 is 10.2 Å². The van der Waals surface area contributed by atoms with E-state index in [1.54, 1.807) is 0 Å². The smallest absolute Gasteiger partial charge is 0.317 e. The molecule has 1 N–H and O–H groups in total. The van der Waals surface area contributed by atoms with Gasteiger partial charge in [0.1, 0.15) is 0 Å². The fourth-order valence-corrected chi connectivity index (χ4v) is 7.90. The SMILES string of the molecule is O=C(NCCCc1ccncc1)N(CCC12CC3CC(CC(C3)C1)C2)CC1CCCC1. The third kappa shape index (κ3) is 5.26. The molecule has 5 aliphatic carbocycles. The normalized spacial score (nSPS) is 31.8. The molecule has 0 unspecified atom stereocenters. The summed E-state index contributed by atoms with van der Waals surface area (Å²) < 4.78 is 0. The fourth-order valence-electron chi connectivity index (χ4n) is 7.90. The highest BCUT2D eigenvalue weighted by Crippen LogP contribution is 2.61. The maximum absolute atomic E-state index is 13.2. The molecular formula is C27H41N3O. The van der Waals surface area contributed by atoms with Crippen LogP contribution in [0.2, 0.25) is 0 Å². The second-order valence-corrected chi connectivity index (χ2v) is 11.5. The van der Waals surface area contributed by atoms with Crippen molar-refractivity contribution in [3.05, 3.63) is 30.1 Å². The lowest BCUT2D eigenvalue weighted by Gasteiger charge is -2.57. The van der Waals surface area contributed by atoms with Crippen molar-refractivity contribution in [3.63, 3.8) is 0 Å². The van der Waals surface area contributed by atoms with Crippen LogP contribution in [0, 0.1) is 29.1 Å². The molecule has 1 aromatic heterocycles. The number of amides is 2. The first-order valence-corrected chi connectivity index (χ1v) is 13.1. The van der Waals surface area contributed by atoms with Gasteiger partial charge in [-0.15, -0.1) is 0 Å². The van der Waals surface area contributed by atoms with Crippen LogP contribution in [0.1, 0.15) is 82.6 Å². The van der Waals surface area contributed by atoms with Crippen molar-refractivity contribution in [1.82, 2.24) is 15.2 Å². The summed E-state index contributed by atoms with van der Waals surface area (Å²) in [5.41, 5.74) is 1.86. The van der Waals surface area contributed by atoms with E-state index in [2.05, 4.69) is 27.3 Å². The fraction of sp³-hybridized carbons (Fsp3) is 0.778. The molecule has 4 nitrogen and oxygen atoms in total. The molecule has 1 heterocycles. The van der Waals surface area contributed by atoms with Crippen LogP contribution in [0.4, 0.5) is 4.79 Å². The van der Waals surface area contributed by atoms with Gasteiger partial charge in [0.25, 0.3) is 0 Å². The van der Waals surface area contributed by atoms with E-state index < -0.39 is 0 Å². The van der Waals surface area contributed by atoms with Gasteiger partial charge in [-0.2, -0.15) is 0 Å². The zero-order valence-corrected chi connectivity index (χ0v) is 19.2. The number of nitrogens with one attached hydrogen (secondary N) is 1. The molecule has 31 heavy (non-hydrogen) atoms. The Hall–Kier alpha value is -1.58. The zero-order chi connectivity index (χ0) is 21.1. The van der Waals surface area contributed by atoms with Crippen LogP contribution in [0.15, 0.2) is 24.5 Å². The van der Waals surface area contributed by atoms with Crippen molar-refractivity contribution in [3.8, 4) is 0 Å². The Kier molecular flexibility index (Phi) is 6.52. The van der Waals surface area contributed by atoms with E-state index in [0.29, 0.717) is 5.41 Å². The number of hydrogen-bond donors (Lipinski definition) is 1. The third-order valence-corrected chi connectivity index (χ3v) is 8.99. The Labute approximate surface area is 188 Å². The van der Waals surface area contributed by atoms with E-state index in [-0.39, 0.29) is 6.03 Å². The van der Waals surface area contributed by atoms with Crippen LogP contribution < -0.4 is 5.32 Å².